The molecule has 0 atom stereocenters. The molecule has 7 heteroatoms. The van der Waals surface area contributed by atoms with Crippen molar-refractivity contribution in [2.24, 2.45) is 0 Å². The normalized spacial score (nSPS) is 11.2. The number of phenols is 1. The van der Waals surface area contributed by atoms with Gasteiger partial charge in [-0.15, -0.1) is 0 Å². The first-order valence-electron chi connectivity index (χ1n) is 7.46. The highest BCUT2D eigenvalue weighted by atomic mass is 32.2. The first kappa shape index (κ1) is 18.1. The Morgan fingerprint density at radius 3 is 2.29 bits per heavy atom. The van der Waals surface area contributed by atoms with Crippen LogP contribution in [0.15, 0.2) is 47.4 Å². The van der Waals surface area contributed by atoms with E-state index in [0.29, 0.717) is 30.9 Å². The van der Waals surface area contributed by atoms with Crippen LogP contribution in [0.2, 0.25) is 0 Å². The van der Waals surface area contributed by atoms with Gasteiger partial charge in [0.25, 0.3) is 0 Å². The summed E-state index contributed by atoms with van der Waals surface area (Å²) < 4.78 is 37.4. The summed E-state index contributed by atoms with van der Waals surface area (Å²) in [6, 6.07) is 11.3. The first-order valence-corrected chi connectivity index (χ1v) is 8.94. The number of aromatic hydroxyl groups is 1. The maximum Gasteiger partial charge on any atom is 0.240 e. The monoisotopic (exact) mass is 351 g/mol. The highest BCUT2D eigenvalue weighted by molar-refractivity contribution is 7.89. The van der Waals surface area contributed by atoms with Crippen LogP contribution in [0.25, 0.3) is 0 Å². The van der Waals surface area contributed by atoms with Crippen LogP contribution in [-0.2, 0) is 16.4 Å². The minimum Gasteiger partial charge on any atom is -0.508 e. The average Bonchev–Trinajstić information content (AvgIpc) is 2.59. The molecule has 2 N–H and O–H groups in total. The van der Waals surface area contributed by atoms with Gasteiger partial charge in [-0.2, -0.15) is 0 Å². The van der Waals surface area contributed by atoms with Crippen LogP contribution >= 0.6 is 0 Å². The van der Waals surface area contributed by atoms with Crippen molar-refractivity contribution in [1.82, 2.24) is 4.72 Å². The second-order valence-corrected chi connectivity index (χ2v) is 6.95. The molecule has 0 aliphatic heterocycles. The summed E-state index contributed by atoms with van der Waals surface area (Å²) in [4.78, 5) is 0.129. The molecule has 0 fully saturated rings. The summed E-state index contributed by atoms with van der Waals surface area (Å²) in [6.07, 6.45) is 1.37. The number of ether oxygens (including phenoxy) is 2. The number of benzene rings is 2. The van der Waals surface area contributed by atoms with Gasteiger partial charge in [-0.1, -0.05) is 12.1 Å². The van der Waals surface area contributed by atoms with E-state index in [9.17, 15) is 13.5 Å². The van der Waals surface area contributed by atoms with E-state index in [1.54, 1.807) is 18.2 Å². The molecule has 0 aromatic heterocycles. The highest BCUT2D eigenvalue weighted by Gasteiger charge is 2.16. The summed E-state index contributed by atoms with van der Waals surface area (Å²) in [6.45, 7) is 0.317. The number of methoxy groups -OCH3 is 2. The molecule has 130 valence electrons. The van der Waals surface area contributed by atoms with Crippen LogP contribution in [0.1, 0.15) is 12.0 Å². The second-order valence-electron chi connectivity index (χ2n) is 5.18. The third kappa shape index (κ3) is 4.62. The molecule has 0 bridgehead atoms. The van der Waals surface area contributed by atoms with E-state index in [1.807, 2.05) is 12.1 Å². The fraction of sp³-hybridized carbons (Fsp3) is 0.294. The third-order valence-electron chi connectivity index (χ3n) is 3.54. The molecule has 0 aliphatic carbocycles. The molecule has 2 rings (SSSR count). The Kier molecular flexibility index (Phi) is 6.05. The fourth-order valence-corrected chi connectivity index (χ4v) is 3.32. The van der Waals surface area contributed by atoms with E-state index in [4.69, 9.17) is 9.47 Å². The molecule has 24 heavy (non-hydrogen) atoms. The number of rotatable bonds is 8. The minimum absolute atomic E-state index is 0.129. The average molecular weight is 351 g/mol. The molecule has 2 aromatic carbocycles. The predicted octanol–water partition coefficient (Wildman–Crippen LogP) is 2.32. The van der Waals surface area contributed by atoms with Crippen molar-refractivity contribution >= 4 is 10.0 Å². The van der Waals surface area contributed by atoms with Crippen LogP contribution < -0.4 is 14.2 Å². The summed E-state index contributed by atoms with van der Waals surface area (Å²) in [5.41, 5.74) is 1.04. The summed E-state index contributed by atoms with van der Waals surface area (Å²) in [5.74, 6) is 1.06. The number of sulfonamides is 1. The van der Waals surface area contributed by atoms with Crippen LogP contribution in [0.3, 0.4) is 0 Å². The largest absolute Gasteiger partial charge is 0.508 e. The molecule has 6 nitrogen and oxygen atoms in total. The van der Waals surface area contributed by atoms with Crippen LogP contribution in [0.4, 0.5) is 0 Å². The Morgan fingerprint density at radius 1 is 1.00 bits per heavy atom. The standard InChI is InChI=1S/C17H21NO5S/c1-22-16-10-9-15(12-17(16)23-2)24(20,21)18-11-3-4-13-5-7-14(19)8-6-13/h5-10,12,18-19H,3-4,11H2,1-2H3. The Bertz CT molecular complexity index is 772. The van der Waals surface area contributed by atoms with Gasteiger partial charge in [0, 0.05) is 12.6 Å². The quantitative estimate of drug-likeness (QED) is 0.713. The van der Waals surface area contributed by atoms with Gasteiger partial charge >= 0.3 is 0 Å². The van der Waals surface area contributed by atoms with E-state index >= 15 is 0 Å². The number of nitrogens with one attached hydrogen (secondary N) is 1. The van der Waals surface area contributed by atoms with E-state index in [-0.39, 0.29) is 10.6 Å². The lowest BCUT2D eigenvalue weighted by Crippen LogP contribution is -2.25. The zero-order valence-corrected chi connectivity index (χ0v) is 14.5. The molecule has 0 radical (unpaired) electrons. The Labute approximate surface area is 142 Å². The van der Waals surface area contributed by atoms with Crippen molar-refractivity contribution in [3.8, 4) is 17.2 Å². The molecular formula is C17H21NO5S. The van der Waals surface area contributed by atoms with Gasteiger partial charge in [0.1, 0.15) is 5.75 Å². The molecule has 0 aliphatic rings. The van der Waals surface area contributed by atoms with Gasteiger partial charge in [-0.25, -0.2) is 13.1 Å². The molecule has 0 amide bonds. The molecule has 0 spiro atoms. The van der Waals surface area contributed by atoms with Gasteiger partial charge < -0.3 is 14.6 Å². The van der Waals surface area contributed by atoms with Crippen molar-refractivity contribution < 1.29 is 23.0 Å². The third-order valence-corrected chi connectivity index (χ3v) is 4.99. The smallest absolute Gasteiger partial charge is 0.240 e. The fourth-order valence-electron chi connectivity index (χ4n) is 2.23. The zero-order chi connectivity index (χ0) is 17.6. The first-order chi connectivity index (χ1) is 11.5. The molecule has 0 saturated carbocycles. The maximum absolute atomic E-state index is 12.3. The molecule has 0 heterocycles. The lowest BCUT2D eigenvalue weighted by molar-refractivity contribution is 0.354. The van der Waals surface area contributed by atoms with E-state index in [1.165, 1.54) is 26.4 Å². The van der Waals surface area contributed by atoms with E-state index < -0.39 is 10.0 Å². The number of hydrogen-bond donors (Lipinski definition) is 2. The molecule has 0 unspecified atom stereocenters. The summed E-state index contributed by atoms with van der Waals surface area (Å²) in [5, 5.41) is 9.23. The molecular weight excluding hydrogens is 330 g/mol. The van der Waals surface area contributed by atoms with Gasteiger partial charge in [0.05, 0.1) is 19.1 Å². The van der Waals surface area contributed by atoms with E-state index in [2.05, 4.69) is 4.72 Å². The Balaban J connectivity index is 1.94. The summed E-state index contributed by atoms with van der Waals surface area (Å²) >= 11 is 0. The Hall–Kier alpha value is -2.25. The van der Waals surface area contributed by atoms with Crippen molar-refractivity contribution in [2.45, 2.75) is 17.7 Å². The van der Waals surface area contributed by atoms with Crippen LogP contribution in [0, 0.1) is 0 Å². The topological polar surface area (TPSA) is 84.9 Å². The SMILES string of the molecule is COc1ccc(S(=O)(=O)NCCCc2ccc(O)cc2)cc1OC. The van der Waals surface area contributed by atoms with Crippen LogP contribution in [0.5, 0.6) is 17.2 Å². The Morgan fingerprint density at radius 2 is 1.67 bits per heavy atom. The van der Waals surface area contributed by atoms with Gasteiger partial charge in [0.15, 0.2) is 11.5 Å². The second kappa shape index (κ2) is 8.03. The maximum atomic E-state index is 12.3. The molecule has 0 saturated heterocycles. The van der Waals surface area contributed by atoms with Crippen molar-refractivity contribution in [3.05, 3.63) is 48.0 Å². The minimum atomic E-state index is -3.60. The predicted molar refractivity (Wildman–Crippen MR) is 91.2 cm³/mol. The lowest BCUT2D eigenvalue weighted by Gasteiger charge is -2.11. The van der Waals surface area contributed by atoms with E-state index in [0.717, 1.165) is 5.56 Å². The molecule has 2 aromatic rings. The summed E-state index contributed by atoms with van der Waals surface area (Å²) in [7, 11) is -0.653. The van der Waals surface area contributed by atoms with Gasteiger partial charge in [-0.3, -0.25) is 0 Å². The van der Waals surface area contributed by atoms with Gasteiger partial charge in [0.2, 0.25) is 10.0 Å². The van der Waals surface area contributed by atoms with Crippen molar-refractivity contribution in [2.75, 3.05) is 20.8 Å². The number of aryl methyl sites for hydroxylation is 1. The van der Waals surface area contributed by atoms with Crippen molar-refractivity contribution in [1.29, 1.82) is 0 Å². The lowest BCUT2D eigenvalue weighted by atomic mass is 10.1. The number of phenolic OH excluding ortho intramolecular Hbond substituents is 1. The number of hydrogen-bond acceptors (Lipinski definition) is 5. The van der Waals surface area contributed by atoms with Crippen LogP contribution in [-0.4, -0.2) is 34.3 Å². The van der Waals surface area contributed by atoms with Gasteiger partial charge in [-0.05, 0) is 42.7 Å². The van der Waals surface area contributed by atoms with Crippen molar-refractivity contribution in [3.63, 3.8) is 0 Å². The zero-order valence-electron chi connectivity index (χ0n) is 13.7. The highest BCUT2D eigenvalue weighted by Crippen LogP contribution is 2.29.